The molecule has 3 rings (SSSR count). The number of allylic oxidation sites excluding steroid dienone is 2. The SMILES string of the molecule is O=[N+]([O-])c1ccccc1C1(CO)C=CC2=C(C1)OCO2. The van der Waals surface area contributed by atoms with Crippen LogP contribution in [0.25, 0.3) is 0 Å². The number of aliphatic hydroxyl groups excluding tert-OH is 1. The first-order valence-corrected chi connectivity index (χ1v) is 6.19. The second-order valence-electron chi connectivity index (χ2n) is 4.79. The van der Waals surface area contributed by atoms with E-state index in [9.17, 15) is 15.2 Å². The van der Waals surface area contributed by atoms with E-state index in [0.717, 1.165) is 0 Å². The Balaban J connectivity index is 2.08. The summed E-state index contributed by atoms with van der Waals surface area (Å²) >= 11 is 0. The summed E-state index contributed by atoms with van der Waals surface area (Å²) in [7, 11) is 0. The quantitative estimate of drug-likeness (QED) is 0.674. The molecule has 0 saturated heterocycles. The maximum Gasteiger partial charge on any atom is 0.273 e. The summed E-state index contributed by atoms with van der Waals surface area (Å²) in [5, 5.41) is 21.0. The van der Waals surface area contributed by atoms with Gasteiger partial charge in [0.2, 0.25) is 6.79 Å². The molecule has 6 nitrogen and oxygen atoms in total. The highest BCUT2D eigenvalue weighted by atomic mass is 16.7. The number of hydrogen-bond acceptors (Lipinski definition) is 5. The van der Waals surface area contributed by atoms with Gasteiger partial charge in [0.15, 0.2) is 5.76 Å². The molecule has 0 amide bonds. The Bertz CT molecular complexity index is 622. The third-order valence-corrected chi connectivity index (χ3v) is 3.67. The normalized spacial score (nSPS) is 24.1. The van der Waals surface area contributed by atoms with E-state index in [1.165, 1.54) is 6.07 Å². The lowest BCUT2D eigenvalue weighted by Crippen LogP contribution is -2.31. The van der Waals surface area contributed by atoms with Crippen molar-refractivity contribution in [1.29, 1.82) is 0 Å². The van der Waals surface area contributed by atoms with Gasteiger partial charge in [0.25, 0.3) is 5.69 Å². The smallest absolute Gasteiger partial charge is 0.273 e. The van der Waals surface area contributed by atoms with Gasteiger partial charge in [0, 0.05) is 18.1 Å². The minimum absolute atomic E-state index is 0.00540. The monoisotopic (exact) mass is 275 g/mol. The molecule has 1 unspecified atom stereocenters. The Hall–Kier alpha value is -2.34. The predicted molar refractivity (Wildman–Crippen MR) is 69.7 cm³/mol. The fourth-order valence-corrected chi connectivity index (χ4v) is 2.61. The van der Waals surface area contributed by atoms with Crippen LogP contribution in [-0.4, -0.2) is 23.4 Å². The lowest BCUT2D eigenvalue weighted by atomic mass is 9.74. The average Bonchev–Trinajstić information content (AvgIpc) is 2.94. The maximum absolute atomic E-state index is 11.2. The molecule has 1 aliphatic carbocycles. The molecule has 2 aliphatic rings. The zero-order valence-corrected chi connectivity index (χ0v) is 10.6. The van der Waals surface area contributed by atoms with Crippen LogP contribution >= 0.6 is 0 Å². The highest BCUT2D eigenvalue weighted by Gasteiger charge is 2.40. The molecule has 0 bridgehead atoms. The van der Waals surface area contributed by atoms with Crippen molar-refractivity contribution in [3.63, 3.8) is 0 Å². The van der Waals surface area contributed by atoms with E-state index in [0.29, 0.717) is 23.5 Å². The standard InChI is InChI=1S/C14H13NO5/c16-8-14(6-5-12-13(7-14)20-9-19-12)10-3-1-2-4-11(10)15(17)18/h1-6,16H,7-9H2. The number of aliphatic hydroxyl groups is 1. The first-order valence-electron chi connectivity index (χ1n) is 6.19. The third kappa shape index (κ3) is 1.85. The zero-order valence-electron chi connectivity index (χ0n) is 10.6. The highest BCUT2D eigenvalue weighted by Crippen LogP contribution is 2.42. The summed E-state index contributed by atoms with van der Waals surface area (Å²) in [6.07, 6.45) is 3.81. The van der Waals surface area contributed by atoms with Gasteiger partial charge >= 0.3 is 0 Å². The van der Waals surface area contributed by atoms with Crippen LogP contribution in [0, 0.1) is 10.1 Å². The van der Waals surface area contributed by atoms with Gasteiger partial charge in [-0.15, -0.1) is 0 Å². The molecule has 20 heavy (non-hydrogen) atoms. The largest absolute Gasteiger partial charge is 0.458 e. The Morgan fingerprint density at radius 3 is 2.90 bits per heavy atom. The lowest BCUT2D eigenvalue weighted by Gasteiger charge is -2.30. The molecule has 1 heterocycles. The second kappa shape index (κ2) is 4.64. The average molecular weight is 275 g/mol. The molecule has 1 N–H and O–H groups in total. The molecule has 0 spiro atoms. The maximum atomic E-state index is 11.2. The first-order chi connectivity index (χ1) is 9.66. The van der Waals surface area contributed by atoms with Gasteiger partial charge in [-0.1, -0.05) is 24.3 Å². The van der Waals surface area contributed by atoms with Gasteiger partial charge in [0.1, 0.15) is 5.76 Å². The van der Waals surface area contributed by atoms with Crippen LogP contribution in [-0.2, 0) is 14.9 Å². The number of nitro groups is 1. The van der Waals surface area contributed by atoms with Crippen LogP contribution in [0.2, 0.25) is 0 Å². The van der Waals surface area contributed by atoms with Gasteiger partial charge in [-0.05, 0) is 6.08 Å². The molecular weight excluding hydrogens is 262 g/mol. The fraction of sp³-hybridized carbons (Fsp3) is 0.286. The molecule has 104 valence electrons. The second-order valence-corrected chi connectivity index (χ2v) is 4.79. The molecule has 1 aliphatic heterocycles. The van der Waals surface area contributed by atoms with Crippen molar-refractivity contribution in [3.8, 4) is 0 Å². The molecule has 0 saturated carbocycles. The van der Waals surface area contributed by atoms with Gasteiger partial charge in [-0.2, -0.15) is 0 Å². The lowest BCUT2D eigenvalue weighted by molar-refractivity contribution is -0.386. The van der Waals surface area contributed by atoms with Gasteiger partial charge in [-0.3, -0.25) is 10.1 Å². The highest BCUT2D eigenvalue weighted by molar-refractivity contribution is 5.50. The number of rotatable bonds is 3. The number of hydrogen-bond donors (Lipinski definition) is 1. The van der Waals surface area contributed by atoms with Crippen LogP contribution in [0.4, 0.5) is 5.69 Å². The predicted octanol–water partition coefficient (Wildman–Crippen LogP) is 2.00. The minimum atomic E-state index is -0.851. The molecule has 0 radical (unpaired) electrons. The fourth-order valence-electron chi connectivity index (χ4n) is 2.61. The molecule has 1 aromatic carbocycles. The number of benzene rings is 1. The van der Waals surface area contributed by atoms with Crippen LogP contribution in [0.3, 0.4) is 0 Å². The number of para-hydroxylation sites is 1. The number of ether oxygens (including phenoxy) is 2. The van der Waals surface area contributed by atoms with E-state index in [1.807, 2.05) is 0 Å². The number of nitrogens with zero attached hydrogens (tertiary/aromatic N) is 1. The van der Waals surface area contributed by atoms with Gasteiger partial charge < -0.3 is 14.6 Å². The Morgan fingerprint density at radius 1 is 1.35 bits per heavy atom. The summed E-state index contributed by atoms with van der Waals surface area (Å²) in [6, 6.07) is 6.44. The van der Waals surface area contributed by atoms with E-state index in [1.54, 1.807) is 30.4 Å². The molecule has 0 aromatic heterocycles. The van der Waals surface area contributed by atoms with E-state index in [2.05, 4.69) is 0 Å². The molecular formula is C14H13NO5. The van der Waals surface area contributed by atoms with Crippen LogP contribution < -0.4 is 0 Å². The summed E-state index contributed by atoms with van der Waals surface area (Å²) in [4.78, 5) is 10.7. The summed E-state index contributed by atoms with van der Waals surface area (Å²) in [6.45, 7) is -0.0953. The van der Waals surface area contributed by atoms with Gasteiger partial charge in [0.05, 0.1) is 16.9 Å². The molecule has 6 heteroatoms. The van der Waals surface area contributed by atoms with Crippen molar-refractivity contribution >= 4 is 5.69 Å². The van der Waals surface area contributed by atoms with Crippen molar-refractivity contribution in [2.24, 2.45) is 0 Å². The number of nitro benzene ring substituents is 1. The summed E-state index contributed by atoms with van der Waals surface area (Å²) < 4.78 is 10.6. The van der Waals surface area contributed by atoms with Crippen molar-refractivity contribution in [2.75, 3.05) is 13.4 Å². The first kappa shape index (κ1) is 12.7. The van der Waals surface area contributed by atoms with Gasteiger partial charge in [-0.25, -0.2) is 0 Å². The van der Waals surface area contributed by atoms with Crippen LogP contribution in [0.5, 0.6) is 0 Å². The summed E-state index contributed by atoms with van der Waals surface area (Å²) in [5.41, 5.74) is -0.379. The van der Waals surface area contributed by atoms with E-state index in [-0.39, 0.29) is 19.1 Å². The van der Waals surface area contributed by atoms with Crippen molar-refractivity contribution in [3.05, 3.63) is 63.6 Å². The van der Waals surface area contributed by atoms with Crippen LogP contribution in [0.1, 0.15) is 12.0 Å². The topological polar surface area (TPSA) is 81.8 Å². The molecule has 0 fully saturated rings. The van der Waals surface area contributed by atoms with Crippen molar-refractivity contribution in [2.45, 2.75) is 11.8 Å². The summed E-state index contributed by atoms with van der Waals surface area (Å²) in [5.74, 6) is 1.26. The minimum Gasteiger partial charge on any atom is -0.458 e. The molecule has 1 atom stereocenters. The zero-order chi connectivity index (χ0) is 14.2. The Labute approximate surface area is 115 Å². The Kier molecular flexibility index (Phi) is 2.94. The third-order valence-electron chi connectivity index (χ3n) is 3.67. The Morgan fingerprint density at radius 2 is 2.15 bits per heavy atom. The van der Waals surface area contributed by atoms with E-state index in [4.69, 9.17) is 9.47 Å². The van der Waals surface area contributed by atoms with E-state index < -0.39 is 10.3 Å². The van der Waals surface area contributed by atoms with Crippen LogP contribution in [0.15, 0.2) is 47.9 Å². The molecule has 1 aromatic rings. The van der Waals surface area contributed by atoms with Crippen molar-refractivity contribution in [1.82, 2.24) is 0 Å². The van der Waals surface area contributed by atoms with E-state index >= 15 is 0 Å². The van der Waals surface area contributed by atoms with Crippen molar-refractivity contribution < 1.29 is 19.5 Å².